The highest BCUT2D eigenvalue weighted by molar-refractivity contribution is 6.13. The van der Waals surface area contributed by atoms with Gasteiger partial charge in [-0.15, -0.1) is 0 Å². The van der Waals surface area contributed by atoms with Gasteiger partial charge in [0.25, 0.3) is 18.2 Å². The number of ether oxygens (including phenoxy) is 1. The van der Waals surface area contributed by atoms with Gasteiger partial charge in [0, 0.05) is 23.4 Å². The zero-order valence-corrected chi connectivity index (χ0v) is 20.6. The number of nitrogens with zero attached hydrogens (tertiary/aromatic N) is 5. The molecule has 1 aromatic heterocycles. The molecule has 0 radical (unpaired) electrons. The van der Waals surface area contributed by atoms with Crippen molar-refractivity contribution in [3.8, 4) is 11.8 Å². The summed E-state index contributed by atoms with van der Waals surface area (Å²) in [7, 11) is 3.82. The highest BCUT2D eigenvalue weighted by Gasteiger charge is 2.34. The Balaban J connectivity index is 1.54. The minimum Gasteiger partial charge on any atom is -0.491 e. The first-order chi connectivity index (χ1) is 17.7. The van der Waals surface area contributed by atoms with Gasteiger partial charge >= 0.3 is 0 Å². The van der Waals surface area contributed by atoms with E-state index in [0.717, 1.165) is 0 Å². The first-order valence-electron chi connectivity index (χ1n) is 11.6. The van der Waals surface area contributed by atoms with E-state index in [1.165, 1.54) is 52.2 Å². The van der Waals surface area contributed by atoms with Crippen LogP contribution in [0.3, 0.4) is 0 Å². The number of amides is 2. The molecule has 4 rings (SSSR count). The minimum atomic E-state index is -2.60. The van der Waals surface area contributed by atoms with E-state index in [1.54, 1.807) is 6.07 Å². The van der Waals surface area contributed by atoms with Gasteiger partial charge in [-0.25, -0.2) is 8.78 Å². The Morgan fingerprint density at radius 3 is 2.65 bits per heavy atom. The molecule has 1 atom stereocenters. The Labute approximate surface area is 212 Å². The van der Waals surface area contributed by atoms with Gasteiger partial charge in [-0.05, 0) is 51.4 Å². The van der Waals surface area contributed by atoms with Crippen molar-refractivity contribution in [2.24, 2.45) is 0 Å². The molecule has 192 valence electrons. The van der Waals surface area contributed by atoms with Gasteiger partial charge in [-0.3, -0.25) is 14.3 Å². The molecule has 1 N–H and O–H groups in total. The number of hydrogen-bond donors (Lipinski definition) is 1. The molecule has 0 saturated heterocycles. The molecule has 2 heterocycles. The Kier molecular flexibility index (Phi) is 7.50. The lowest BCUT2D eigenvalue weighted by atomic mass is 10.1. The number of rotatable bonds is 8. The van der Waals surface area contributed by atoms with Gasteiger partial charge in [-0.2, -0.15) is 10.4 Å². The second-order valence-corrected chi connectivity index (χ2v) is 8.93. The third-order valence-electron chi connectivity index (χ3n) is 5.97. The van der Waals surface area contributed by atoms with Crippen LogP contribution in [0.25, 0.3) is 0 Å². The molecule has 1 aliphatic heterocycles. The van der Waals surface area contributed by atoms with E-state index in [2.05, 4.69) is 10.4 Å². The standard InChI is InChI=1S/C26H26F2N6O3/c1-16-15-33-23(26(36)34(16)20-7-4-17(5-8-20)24(27)28)21(14-30-33)31-25(35)18-6-9-22(19(12-18)13-29)37-11-10-32(2)3/h4-9,12,14,16,24H,10-11,15H2,1-3H3,(H,31,35). The van der Waals surface area contributed by atoms with Crippen LogP contribution < -0.4 is 15.0 Å². The molecule has 11 heteroatoms. The predicted octanol–water partition coefficient (Wildman–Crippen LogP) is 3.93. The van der Waals surface area contributed by atoms with Crippen LogP contribution in [0, 0.1) is 11.3 Å². The van der Waals surface area contributed by atoms with Crippen molar-refractivity contribution < 1.29 is 23.1 Å². The average Bonchev–Trinajstić information content (AvgIpc) is 3.26. The van der Waals surface area contributed by atoms with Gasteiger partial charge < -0.3 is 19.9 Å². The Hall–Kier alpha value is -4.30. The van der Waals surface area contributed by atoms with E-state index in [1.807, 2.05) is 32.0 Å². The summed E-state index contributed by atoms with van der Waals surface area (Å²) in [5.41, 5.74) is 1.15. The molecule has 0 bridgehead atoms. The summed E-state index contributed by atoms with van der Waals surface area (Å²) >= 11 is 0. The van der Waals surface area contributed by atoms with Crippen LogP contribution in [0.5, 0.6) is 5.75 Å². The van der Waals surface area contributed by atoms with E-state index in [-0.39, 0.29) is 34.1 Å². The summed E-state index contributed by atoms with van der Waals surface area (Å²) < 4.78 is 33.1. The van der Waals surface area contributed by atoms with Crippen LogP contribution in [0.15, 0.2) is 48.7 Å². The Bertz CT molecular complexity index is 1350. The first-order valence-corrected chi connectivity index (χ1v) is 11.6. The van der Waals surface area contributed by atoms with E-state index >= 15 is 0 Å². The van der Waals surface area contributed by atoms with Crippen LogP contribution in [0.2, 0.25) is 0 Å². The number of likely N-dealkylation sites (N-methyl/N-ethyl adjacent to an activating group) is 1. The van der Waals surface area contributed by atoms with Gasteiger partial charge in [-0.1, -0.05) is 12.1 Å². The molecule has 0 aliphatic carbocycles. The maximum atomic E-state index is 13.4. The van der Waals surface area contributed by atoms with Crippen molar-refractivity contribution in [3.05, 3.63) is 71.0 Å². The number of carbonyl (C=O) groups excluding carboxylic acids is 2. The molecule has 0 spiro atoms. The molecule has 2 amide bonds. The largest absolute Gasteiger partial charge is 0.491 e. The topological polar surface area (TPSA) is 103 Å². The molecule has 3 aromatic rings. The number of halogens is 2. The molecule has 37 heavy (non-hydrogen) atoms. The quantitative estimate of drug-likeness (QED) is 0.495. The van der Waals surface area contributed by atoms with E-state index in [4.69, 9.17) is 4.74 Å². The summed E-state index contributed by atoms with van der Waals surface area (Å²) in [4.78, 5) is 29.9. The third-order valence-corrected chi connectivity index (χ3v) is 5.97. The Morgan fingerprint density at radius 1 is 1.27 bits per heavy atom. The second-order valence-electron chi connectivity index (χ2n) is 8.93. The van der Waals surface area contributed by atoms with Crippen molar-refractivity contribution in [1.82, 2.24) is 14.7 Å². The fraction of sp³-hybridized carbons (Fsp3) is 0.308. The van der Waals surface area contributed by atoms with E-state index in [9.17, 15) is 23.6 Å². The first kappa shape index (κ1) is 25.8. The smallest absolute Gasteiger partial charge is 0.279 e. The van der Waals surface area contributed by atoms with Crippen LogP contribution in [0.1, 0.15) is 45.3 Å². The number of benzene rings is 2. The minimum absolute atomic E-state index is 0.135. The molecule has 0 saturated carbocycles. The van der Waals surface area contributed by atoms with Crippen molar-refractivity contribution in [3.63, 3.8) is 0 Å². The highest BCUT2D eigenvalue weighted by Crippen LogP contribution is 2.30. The number of nitriles is 1. The van der Waals surface area contributed by atoms with Crippen LogP contribution in [-0.2, 0) is 6.54 Å². The van der Waals surface area contributed by atoms with E-state index < -0.39 is 18.2 Å². The SMILES string of the molecule is CC1Cn2ncc(NC(=O)c3ccc(OCCN(C)C)c(C#N)c3)c2C(=O)N1c1ccc(C(F)F)cc1. The van der Waals surface area contributed by atoms with Crippen molar-refractivity contribution in [2.75, 3.05) is 37.5 Å². The molecule has 1 aliphatic rings. The molecule has 1 unspecified atom stereocenters. The maximum Gasteiger partial charge on any atom is 0.279 e. The van der Waals surface area contributed by atoms with Crippen molar-refractivity contribution in [2.45, 2.75) is 25.9 Å². The molecular formula is C26H26F2N6O3. The average molecular weight is 509 g/mol. The zero-order valence-electron chi connectivity index (χ0n) is 20.6. The summed E-state index contributed by atoms with van der Waals surface area (Å²) in [5, 5.41) is 16.5. The normalized spacial score (nSPS) is 15.0. The summed E-state index contributed by atoms with van der Waals surface area (Å²) in [5.74, 6) is -0.563. The van der Waals surface area contributed by atoms with Gasteiger partial charge in [0.1, 0.15) is 24.1 Å². The van der Waals surface area contributed by atoms with Crippen LogP contribution in [0.4, 0.5) is 20.2 Å². The number of nitrogens with one attached hydrogen (secondary N) is 1. The predicted molar refractivity (Wildman–Crippen MR) is 133 cm³/mol. The second kappa shape index (κ2) is 10.8. The van der Waals surface area contributed by atoms with Crippen LogP contribution >= 0.6 is 0 Å². The van der Waals surface area contributed by atoms with Crippen molar-refractivity contribution in [1.29, 1.82) is 5.26 Å². The van der Waals surface area contributed by atoms with Gasteiger partial charge in [0.05, 0.1) is 30.0 Å². The third kappa shape index (κ3) is 5.44. The van der Waals surface area contributed by atoms with Crippen molar-refractivity contribution >= 4 is 23.2 Å². The lowest BCUT2D eigenvalue weighted by Crippen LogP contribution is -2.47. The number of fused-ring (bicyclic) bond motifs is 1. The monoisotopic (exact) mass is 508 g/mol. The molecule has 0 fully saturated rings. The number of alkyl halides is 2. The van der Waals surface area contributed by atoms with Crippen LogP contribution in [-0.4, -0.2) is 59.8 Å². The van der Waals surface area contributed by atoms with Gasteiger partial charge in [0.2, 0.25) is 0 Å². The maximum absolute atomic E-state index is 13.4. The highest BCUT2D eigenvalue weighted by atomic mass is 19.3. The molecule has 2 aromatic carbocycles. The molecular weight excluding hydrogens is 482 g/mol. The fourth-order valence-electron chi connectivity index (χ4n) is 4.06. The fourth-order valence-corrected chi connectivity index (χ4v) is 4.06. The van der Waals surface area contributed by atoms with Gasteiger partial charge in [0.15, 0.2) is 0 Å². The lowest BCUT2D eigenvalue weighted by Gasteiger charge is -2.34. The number of hydrogen-bond acceptors (Lipinski definition) is 6. The summed E-state index contributed by atoms with van der Waals surface area (Å²) in [6.07, 6.45) is -1.21. The zero-order chi connectivity index (χ0) is 26.7. The number of carbonyl (C=O) groups is 2. The number of aromatic nitrogens is 2. The summed E-state index contributed by atoms with van der Waals surface area (Å²) in [6, 6.07) is 11.8. The lowest BCUT2D eigenvalue weighted by molar-refractivity contribution is 0.0948. The number of anilines is 2. The Morgan fingerprint density at radius 2 is 2.00 bits per heavy atom. The molecule has 9 nitrogen and oxygen atoms in total. The van der Waals surface area contributed by atoms with E-state index in [0.29, 0.717) is 31.1 Å². The summed E-state index contributed by atoms with van der Waals surface area (Å²) in [6.45, 7) is 3.23.